The van der Waals surface area contributed by atoms with Crippen molar-refractivity contribution in [3.05, 3.63) is 24.1 Å². The molecule has 0 aliphatic carbocycles. The van der Waals surface area contributed by atoms with Crippen LogP contribution in [0.2, 0.25) is 0 Å². The molecule has 1 aromatic rings. The quantitative estimate of drug-likeness (QED) is 0.862. The summed E-state index contributed by atoms with van der Waals surface area (Å²) in [6.45, 7) is 1.47. The van der Waals surface area contributed by atoms with Crippen molar-refractivity contribution in [1.82, 2.24) is 4.98 Å². The van der Waals surface area contributed by atoms with Crippen LogP contribution in [-0.4, -0.2) is 30.1 Å². The number of halogens is 1. The fourth-order valence-electron chi connectivity index (χ4n) is 2.12. The average Bonchev–Trinajstić information content (AvgIpc) is 2.42. The third-order valence-electron chi connectivity index (χ3n) is 3.24. The van der Waals surface area contributed by atoms with Crippen molar-refractivity contribution in [2.75, 3.05) is 18.5 Å². The number of nitrogens with zero attached hydrogens (tertiary/aromatic N) is 1. The molecule has 2 rings (SSSR count). The Balaban J connectivity index is 1.83. The van der Waals surface area contributed by atoms with Gasteiger partial charge in [0.25, 0.3) is 0 Å². The molecule has 1 aliphatic heterocycles. The number of aromatic nitrogens is 1. The predicted molar refractivity (Wildman–Crippen MR) is 69.0 cm³/mol. The molecule has 0 spiro atoms. The lowest BCUT2D eigenvalue weighted by atomic mass is 9.92. The molecule has 1 amide bonds. The van der Waals surface area contributed by atoms with Crippen LogP contribution in [0.3, 0.4) is 0 Å². The van der Waals surface area contributed by atoms with Gasteiger partial charge in [0.05, 0.1) is 12.2 Å². The normalized spacial score (nSPS) is 18.0. The highest BCUT2D eigenvalue weighted by molar-refractivity contribution is 5.93. The summed E-state index contributed by atoms with van der Waals surface area (Å²) in [5, 5.41) is 2.59. The molecule has 1 saturated heterocycles. The summed E-state index contributed by atoms with van der Waals surface area (Å²) in [4.78, 5) is 15.6. The maximum Gasteiger partial charge on any atom is 0.242 e. The number of pyridine rings is 1. The number of carbonyl (C=O) groups is 1. The van der Waals surface area contributed by atoms with E-state index in [-0.39, 0.29) is 5.91 Å². The van der Waals surface area contributed by atoms with Crippen LogP contribution in [0.25, 0.3) is 0 Å². The molecule has 0 saturated carbocycles. The third kappa shape index (κ3) is 4.25. The van der Waals surface area contributed by atoms with Gasteiger partial charge in [0.2, 0.25) is 5.91 Å². The number of ether oxygens (including phenoxy) is 1. The molecule has 1 atom stereocenters. The van der Waals surface area contributed by atoms with Crippen LogP contribution in [0.5, 0.6) is 0 Å². The number of anilines is 1. The van der Waals surface area contributed by atoms with Crippen molar-refractivity contribution in [1.29, 1.82) is 0 Å². The molecule has 6 heteroatoms. The lowest BCUT2D eigenvalue weighted by Crippen LogP contribution is -2.38. The van der Waals surface area contributed by atoms with Gasteiger partial charge < -0.3 is 15.8 Å². The first kappa shape index (κ1) is 13.9. The lowest BCUT2D eigenvalue weighted by molar-refractivity contribution is -0.118. The first-order valence-electron chi connectivity index (χ1n) is 6.41. The number of hydrogen-bond acceptors (Lipinski definition) is 4. The van der Waals surface area contributed by atoms with E-state index in [0.29, 0.717) is 18.2 Å². The first-order valence-corrected chi connectivity index (χ1v) is 6.41. The fraction of sp³-hybridized carbons (Fsp3) is 0.538. The van der Waals surface area contributed by atoms with Crippen LogP contribution >= 0.6 is 0 Å². The number of nitrogens with one attached hydrogen (secondary N) is 1. The van der Waals surface area contributed by atoms with E-state index in [9.17, 15) is 9.18 Å². The molecule has 0 bridgehead atoms. The van der Waals surface area contributed by atoms with E-state index in [1.165, 1.54) is 12.1 Å². The Hall–Kier alpha value is -1.53. The molecule has 1 aliphatic rings. The van der Waals surface area contributed by atoms with Crippen LogP contribution in [-0.2, 0) is 9.53 Å². The van der Waals surface area contributed by atoms with Crippen molar-refractivity contribution in [3.8, 4) is 0 Å². The van der Waals surface area contributed by atoms with Gasteiger partial charge in [-0.1, -0.05) is 0 Å². The molecule has 1 unspecified atom stereocenters. The minimum absolute atomic E-state index is 0.286. The molecule has 2 heterocycles. The van der Waals surface area contributed by atoms with E-state index in [0.717, 1.165) is 32.3 Å². The average molecular weight is 267 g/mol. The number of carbonyl (C=O) groups excluding carboxylic acids is 1. The summed E-state index contributed by atoms with van der Waals surface area (Å²) in [5.74, 6) is 0.0135. The van der Waals surface area contributed by atoms with Crippen molar-refractivity contribution < 1.29 is 13.9 Å². The van der Waals surface area contributed by atoms with Crippen LogP contribution in [0.15, 0.2) is 18.3 Å². The molecular weight excluding hydrogens is 249 g/mol. The molecule has 5 nitrogen and oxygen atoms in total. The van der Waals surface area contributed by atoms with E-state index in [1.54, 1.807) is 0 Å². The fourth-order valence-corrected chi connectivity index (χ4v) is 2.12. The highest BCUT2D eigenvalue weighted by Crippen LogP contribution is 2.19. The van der Waals surface area contributed by atoms with Crippen molar-refractivity contribution in [2.24, 2.45) is 11.7 Å². The maximum absolute atomic E-state index is 12.7. The zero-order chi connectivity index (χ0) is 13.7. The Labute approximate surface area is 111 Å². The largest absolute Gasteiger partial charge is 0.381 e. The molecule has 0 radical (unpaired) electrons. The van der Waals surface area contributed by atoms with E-state index in [1.807, 2.05) is 0 Å². The Kier molecular flexibility index (Phi) is 4.81. The highest BCUT2D eigenvalue weighted by atomic mass is 19.1. The molecule has 0 aromatic carbocycles. The molecular formula is C13H18FN3O2. The third-order valence-corrected chi connectivity index (χ3v) is 3.24. The van der Waals surface area contributed by atoms with Crippen LogP contribution in [0, 0.1) is 11.7 Å². The zero-order valence-corrected chi connectivity index (χ0v) is 10.6. The summed E-state index contributed by atoms with van der Waals surface area (Å²) in [6.07, 6.45) is 3.57. The van der Waals surface area contributed by atoms with Gasteiger partial charge in [-0.2, -0.15) is 0 Å². The first-order chi connectivity index (χ1) is 9.15. The van der Waals surface area contributed by atoms with Gasteiger partial charge in [0, 0.05) is 13.2 Å². The van der Waals surface area contributed by atoms with Crippen LogP contribution in [0.1, 0.15) is 19.3 Å². The Morgan fingerprint density at radius 1 is 1.53 bits per heavy atom. The van der Waals surface area contributed by atoms with E-state index in [4.69, 9.17) is 10.5 Å². The van der Waals surface area contributed by atoms with E-state index < -0.39 is 11.9 Å². The summed E-state index contributed by atoms with van der Waals surface area (Å²) < 4.78 is 17.9. The standard InChI is InChI=1S/C13H18FN3O2/c14-10-1-2-12(16-8-10)17-13(18)11(15)7-9-3-5-19-6-4-9/h1-2,8-9,11H,3-7,15H2,(H,16,17,18). The Morgan fingerprint density at radius 2 is 2.26 bits per heavy atom. The second-order valence-electron chi connectivity index (χ2n) is 4.75. The number of rotatable bonds is 4. The van der Waals surface area contributed by atoms with E-state index >= 15 is 0 Å². The smallest absolute Gasteiger partial charge is 0.242 e. The lowest BCUT2D eigenvalue weighted by Gasteiger charge is -2.24. The molecule has 104 valence electrons. The van der Waals surface area contributed by atoms with Crippen LogP contribution < -0.4 is 11.1 Å². The van der Waals surface area contributed by atoms with E-state index in [2.05, 4.69) is 10.3 Å². The zero-order valence-electron chi connectivity index (χ0n) is 10.6. The second-order valence-corrected chi connectivity index (χ2v) is 4.75. The molecule has 19 heavy (non-hydrogen) atoms. The van der Waals surface area contributed by atoms with Crippen molar-refractivity contribution >= 4 is 11.7 Å². The SMILES string of the molecule is NC(CC1CCOCC1)C(=O)Nc1ccc(F)cn1. The highest BCUT2D eigenvalue weighted by Gasteiger charge is 2.21. The van der Waals surface area contributed by atoms with Gasteiger partial charge in [-0.05, 0) is 37.3 Å². The van der Waals surface area contributed by atoms with Crippen LogP contribution in [0.4, 0.5) is 10.2 Å². The maximum atomic E-state index is 12.7. The minimum Gasteiger partial charge on any atom is -0.381 e. The summed E-state index contributed by atoms with van der Waals surface area (Å²) in [7, 11) is 0. The van der Waals surface area contributed by atoms with Gasteiger partial charge in [0.1, 0.15) is 11.6 Å². The summed E-state index contributed by atoms with van der Waals surface area (Å²) in [5.41, 5.74) is 5.87. The number of hydrogen-bond donors (Lipinski definition) is 2. The van der Waals surface area contributed by atoms with Gasteiger partial charge in [-0.15, -0.1) is 0 Å². The molecule has 3 N–H and O–H groups in total. The summed E-state index contributed by atoms with van der Waals surface area (Å²) >= 11 is 0. The van der Waals surface area contributed by atoms with Gasteiger partial charge >= 0.3 is 0 Å². The topological polar surface area (TPSA) is 77.2 Å². The van der Waals surface area contributed by atoms with Crippen molar-refractivity contribution in [3.63, 3.8) is 0 Å². The number of nitrogens with two attached hydrogens (primary N) is 1. The van der Waals surface area contributed by atoms with Gasteiger partial charge in [-0.25, -0.2) is 9.37 Å². The minimum atomic E-state index is -0.574. The van der Waals surface area contributed by atoms with Gasteiger partial charge in [0.15, 0.2) is 0 Å². The van der Waals surface area contributed by atoms with Crippen molar-refractivity contribution in [2.45, 2.75) is 25.3 Å². The molecule has 1 fully saturated rings. The predicted octanol–water partition coefficient (Wildman–Crippen LogP) is 1.30. The number of amides is 1. The van der Waals surface area contributed by atoms with Gasteiger partial charge in [-0.3, -0.25) is 4.79 Å². The summed E-state index contributed by atoms with van der Waals surface area (Å²) in [6, 6.07) is 2.08. The monoisotopic (exact) mass is 267 g/mol. The Bertz CT molecular complexity index is 418. The second kappa shape index (κ2) is 6.58. The molecule has 1 aromatic heterocycles. The Morgan fingerprint density at radius 3 is 2.89 bits per heavy atom.